The first kappa shape index (κ1) is 24.9. The highest BCUT2D eigenvalue weighted by molar-refractivity contribution is 6.31. The van der Waals surface area contributed by atoms with E-state index in [-0.39, 0.29) is 24.8 Å². The molecule has 1 aliphatic heterocycles. The van der Waals surface area contributed by atoms with Crippen molar-refractivity contribution in [3.8, 4) is 11.5 Å². The number of rotatable bonds is 10. The lowest BCUT2D eigenvalue weighted by Gasteiger charge is -2.31. The lowest BCUT2D eigenvalue weighted by Crippen LogP contribution is -2.49. The van der Waals surface area contributed by atoms with Crippen molar-refractivity contribution in [1.29, 1.82) is 0 Å². The summed E-state index contributed by atoms with van der Waals surface area (Å²) in [7, 11) is 0. The maximum absolute atomic E-state index is 13.4. The number of carbonyl (C=O) groups is 2. The van der Waals surface area contributed by atoms with Crippen molar-refractivity contribution in [2.75, 3.05) is 19.8 Å². The highest BCUT2D eigenvalue weighted by Gasteiger charge is 2.29. The predicted octanol–water partition coefficient (Wildman–Crippen LogP) is 4.62. The van der Waals surface area contributed by atoms with Crippen LogP contribution in [0.5, 0.6) is 11.5 Å². The summed E-state index contributed by atoms with van der Waals surface area (Å²) in [4.78, 5) is 28.0. The van der Waals surface area contributed by atoms with Crippen molar-refractivity contribution < 1.29 is 19.1 Å². The molecule has 6 nitrogen and oxygen atoms in total. The summed E-state index contributed by atoms with van der Waals surface area (Å²) in [5, 5.41) is 3.56. The molecule has 1 atom stereocenters. The lowest BCUT2D eigenvalue weighted by molar-refractivity contribution is -0.141. The molecule has 178 valence electrons. The third kappa shape index (κ3) is 6.87. The Morgan fingerprint density at radius 2 is 1.82 bits per heavy atom. The molecule has 0 bridgehead atoms. The molecule has 0 radical (unpaired) electrons. The Kier molecular flexibility index (Phi) is 9.01. The van der Waals surface area contributed by atoms with Crippen LogP contribution >= 0.6 is 11.6 Å². The van der Waals surface area contributed by atoms with Crippen LogP contribution in [-0.2, 0) is 22.6 Å². The molecule has 0 aromatic heterocycles. The molecule has 33 heavy (non-hydrogen) atoms. The van der Waals surface area contributed by atoms with Gasteiger partial charge in [-0.2, -0.15) is 0 Å². The summed E-state index contributed by atoms with van der Waals surface area (Å²) < 4.78 is 11.2. The third-order valence-electron chi connectivity index (χ3n) is 5.60. The van der Waals surface area contributed by atoms with Gasteiger partial charge >= 0.3 is 0 Å². The second-order valence-corrected chi connectivity index (χ2v) is 9.06. The van der Waals surface area contributed by atoms with E-state index in [1.165, 1.54) is 0 Å². The van der Waals surface area contributed by atoms with Gasteiger partial charge in [-0.05, 0) is 48.1 Å². The molecule has 1 N–H and O–H groups in total. The van der Waals surface area contributed by atoms with Crippen molar-refractivity contribution in [1.82, 2.24) is 10.2 Å². The number of carbonyl (C=O) groups excluding carboxylic acids is 2. The number of nitrogens with zero attached hydrogens (tertiary/aromatic N) is 1. The number of hydrogen-bond donors (Lipinski definition) is 1. The predicted molar refractivity (Wildman–Crippen MR) is 130 cm³/mol. The largest absolute Gasteiger partial charge is 0.486 e. The van der Waals surface area contributed by atoms with E-state index in [0.29, 0.717) is 49.3 Å². The standard InChI is InChI=1S/C26H33ClN2O4/c1-4-22(26(31)28-16-18(2)3)29(17-20-7-5-6-8-21(20)27)25(30)12-10-19-9-11-23-24(15-19)33-14-13-32-23/h5-9,11,15,18,22H,4,10,12-14,16-17H2,1-3H3,(H,28,31)/t22-/m1/s1. The number of benzene rings is 2. The second-order valence-electron chi connectivity index (χ2n) is 8.65. The van der Waals surface area contributed by atoms with E-state index in [1.54, 1.807) is 11.0 Å². The van der Waals surface area contributed by atoms with Gasteiger partial charge in [0.2, 0.25) is 11.8 Å². The molecule has 1 aliphatic rings. The summed E-state index contributed by atoms with van der Waals surface area (Å²) in [5.74, 6) is 1.54. The van der Waals surface area contributed by atoms with Crippen LogP contribution in [0.15, 0.2) is 42.5 Å². The molecule has 0 saturated heterocycles. The van der Waals surface area contributed by atoms with E-state index in [1.807, 2.05) is 57.2 Å². The molecule has 2 aromatic rings. The minimum Gasteiger partial charge on any atom is -0.486 e. The van der Waals surface area contributed by atoms with E-state index in [2.05, 4.69) is 5.32 Å². The Morgan fingerprint density at radius 1 is 1.09 bits per heavy atom. The van der Waals surface area contributed by atoms with Crippen LogP contribution in [0.4, 0.5) is 0 Å². The smallest absolute Gasteiger partial charge is 0.242 e. The average Bonchev–Trinajstić information content (AvgIpc) is 2.82. The van der Waals surface area contributed by atoms with E-state index in [4.69, 9.17) is 21.1 Å². The first-order chi connectivity index (χ1) is 15.9. The van der Waals surface area contributed by atoms with Crippen molar-refractivity contribution in [3.05, 3.63) is 58.6 Å². The number of aryl methyl sites for hydroxylation is 1. The van der Waals surface area contributed by atoms with Gasteiger partial charge in [-0.15, -0.1) is 0 Å². The fraction of sp³-hybridized carbons (Fsp3) is 0.462. The lowest BCUT2D eigenvalue weighted by atomic mass is 10.1. The Hall–Kier alpha value is -2.73. The van der Waals surface area contributed by atoms with E-state index in [9.17, 15) is 9.59 Å². The van der Waals surface area contributed by atoms with Gasteiger partial charge in [0.25, 0.3) is 0 Å². The third-order valence-corrected chi connectivity index (χ3v) is 5.97. The summed E-state index contributed by atoms with van der Waals surface area (Å²) in [6.45, 7) is 7.92. The van der Waals surface area contributed by atoms with E-state index >= 15 is 0 Å². The zero-order valence-corrected chi connectivity index (χ0v) is 20.4. The molecule has 0 spiro atoms. The zero-order valence-electron chi connectivity index (χ0n) is 19.6. The normalized spacial score (nSPS) is 13.5. The molecule has 1 heterocycles. The quantitative estimate of drug-likeness (QED) is 0.547. The highest BCUT2D eigenvalue weighted by Crippen LogP contribution is 2.31. The maximum Gasteiger partial charge on any atom is 0.242 e. The first-order valence-electron chi connectivity index (χ1n) is 11.6. The molecule has 0 unspecified atom stereocenters. The van der Waals surface area contributed by atoms with Crippen LogP contribution in [0.1, 0.15) is 44.7 Å². The van der Waals surface area contributed by atoms with Crippen molar-refractivity contribution in [2.24, 2.45) is 5.92 Å². The minimum absolute atomic E-state index is 0.0867. The fourth-order valence-electron chi connectivity index (χ4n) is 3.79. The Balaban J connectivity index is 1.76. The second kappa shape index (κ2) is 11.9. The van der Waals surface area contributed by atoms with Crippen LogP contribution in [0, 0.1) is 5.92 Å². The van der Waals surface area contributed by atoms with Gasteiger partial charge in [0.15, 0.2) is 11.5 Å². The van der Waals surface area contributed by atoms with Crippen molar-refractivity contribution in [2.45, 2.75) is 52.6 Å². The molecule has 0 saturated carbocycles. The molecular weight excluding hydrogens is 440 g/mol. The Morgan fingerprint density at radius 3 is 2.52 bits per heavy atom. The topological polar surface area (TPSA) is 67.9 Å². The summed E-state index contributed by atoms with van der Waals surface area (Å²) in [6.07, 6.45) is 1.33. The van der Waals surface area contributed by atoms with Gasteiger partial charge in [-0.1, -0.05) is 56.6 Å². The van der Waals surface area contributed by atoms with Crippen LogP contribution in [-0.4, -0.2) is 42.5 Å². The van der Waals surface area contributed by atoms with Gasteiger partial charge in [0, 0.05) is 24.5 Å². The first-order valence-corrected chi connectivity index (χ1v) is 12.0. The Labute approximate surface area is 201 Å². The fourth-order valence-corrected chi connectivity index (χ4v) is 3.99. The molecule has 0 fully saturated rings. The Bertz CT molecular complexity index is 963. The molecule has 0 aliphatic carbocycles. The average molecular weight is 473 g/mol. The number of halogens is 1. The highest BCUT2D eigenvalue weighted by atomic mass is 35.5. The van der Waals surface area contributed by atoms with Gasteiger partial charge in [-0.3, -0.25) is 9.59 Å². The molecule has 3 rings (SSSR count). The molecular formula is C26H33ClN2O4. The van der Waals surface area contributed by atoms with Crippen LogP contribution < -0.4 is 14.8 Å². The summed E-state index contributed by atoms with van der Waals surface area (Å²) >= 11 is 6.38. The van der Waals surface area contributed by atoms with Gasteiger partial charge in [0.1, 0.15) is 19.3 Å². The number of nitrogens with one attached hydrogen (secondary N) is 1. The molecule has 2 aromatic carbocycles. The van der Waals surface area contributed by atoms with Crippen LogP contribution in [0.3, 0.4) is 0 Å². The SMILES string of the molecule is CC[C@H](C(=O)NCC(C)C)N(Cc1ccccc1Cl)C(=O)CCc1ccc2c(c1)OCCO2. The van der Waals surface area contributed by atoms with Crippen LogP contribution in [0.2, 0.25) is 5.02 Å². The minimum atomic E-state index is -0.562. The summed E-state index contributed by atoms with van der Waals surface area (Å²) in [5.41, 5.74) is 1.81. The number of amides is 2. The number of fused-ring (bicyclic) bond motifs is 1. The van der Waals surface area contributed by atoms with E-state index in [0.717, 1.165) is 16.9 Å². The van der Waals surface area contributed by atoms with Gasteiger partial charge in [-0.25, -0.2) is 0 Å². The molecule has 7 heteroatoms. The van der Waals surface area contributed by atoms with Gasteiger partial charge in [0.05, 0.1) is 0 Å². The zero-order chi connectivity index (χ0) is 23.8. The van der Waals surface area contributed by atoms with Gasteiger partial charge < -0.3 is 19.7 Å². The van der Waals surface area contributed by atoms with Crippen LogP contribution in [0.25, 0.3) is 0 Å². The van der Waals surface area contributed by atoms with Crippen molar-refractivity contribution >= 4 is 23.4 Å². The monoisotopic (exact) mass is 472 g/mol. The number of hydrogen-bond acceptors (Lipinski definition) is 4. The number of ether oxygens (including phenoxy) is 2. The van der Waals surface area contributed by atoms with Crippen molar-refractivity contribution in [3.63, 3.8) is 0 Å². The molecule has 2 amide bonds. The van der Waals surface area contributed by atoms with E-state index < -0.39 is 6.04 Å². The maximum atomic E-state index is 13.4. The summed E-state index contributed by atoms with van der Waals surface area (Å²) in [6, 6.07) is 12.6.